The van der Waals surface area contributed by atoms with Crippen molar-refractivity contribution < 1.29 is 19.1 Å². The van der Waals surface area contributed by atoms with Crippen molar-refractivity contribution in [3.63, 3.8) is 0 Å². The summed E-state index contributed by atoms with van der Waals surface area (Å²) in [6, 6.07) is 1.87. The molecule has 0 spiro atoms. The molecule has 0 radical (unpaired) electrons. The lowest BCUT2D eigenvalue weighted by molar-refractivity contribution is 0.0686. The van der Waals surface area contributed by atoms with Crippen LogP contribution >= 0.6 is 0 Å². The molecule has 0 saturated carbocycles. The van der Waals surface area contributed by atoms with Crippen LogP contribution in [-0.4, -0.2) is 44.8 Å². The Morgan fingerprint density at radius 2 is 2.04 bits per heavy atom. The van der Waals surface area contributed by atoms with E-state index in [1.54, 1.807) is 23.9 Å². The summed E-state index contributed by atoms with van der Waals surface area (Å²) in [5.74, 6) is -0.192. The van der Waals surface area contributed by atoms with Crippen LogP contribution in [0.4, 0.5) is 0 Å². The summed E-state index contributed by atoms with van der Waals surface area (Å²) in [4.78, 5) is 25.7. The van der Waals surface area contributed by atoms with E-state index in [9.17, 15) is 9.59 Å². The van der Waals surface area contributed by atoms with Crippen LogP contribution in [-0.2, 0) is 6.42 Å². The zero-order valence-electron chi connectivity index (χ0n) is 14.6. The van der Waals surface area contributed by atoms with Crippen LogP contribution in [0.5, 0.6) is 0 Å². The number of aromatic nitrogens is 2. The van der Waals surface area contributed by atoms with Crippen LogP contribution in [0, 0.1) is 6.92 Å². The van der Waals surface area contributed by atoms with E-state index < -0.39 is 5.97 Å². The third-order valence-corrected chi connectivity index (χ3v) is 4.83. The minimum Gasteiger partial charge on any atom is -0.478 e. The van der Waals surface area contributed by atoms with E-state index in [0.717, 1.165) is 31.4 Å². The number of carboxylic acids is 1. The Morgan fingerprint density at radius 1 is 1.32 bits per heavy atom. The summed E-state index contributed by atoms with van der Waals surface area (Å²) in [7, 11) is 0. The first-order valence-corrected chi connectivity index (χ1v) is 8.66. The monoisotopic (exact) mass is 345 g/mol. The predicted molar refractivity (Wildman–Crippen MR) is 90.8 cm³/mol. The molecule has 1 amide bonds. The summed E-state index contributed by atoms with van der Waals surface area (Å²) in [6.45, 7) is 5.08. The SMILES string of the molecule is CCCc1occc1C(=O)N1CCC(n2ncc(C(=O)O)c2C)CC1. The van der Waals surface area contributed by atoms with Crippen molar-refractivity contribution in [2.45, 2.75) is 45.6 Å². The standard InChI is InChI=1S/C18H23N3O4/c1-3-4-16-14(7-10-25-16)17(22)20-8-5-13(6-9-20)21-12(2)15(11-19-21)18(23)24/h7,10-11,13H,3-6,8-9H2,1-2H3,(H,23,24). The number of aryl methyl sites for hydroxylation is 1. The Hall–Kier alpha value is -2.57. The van der Waals surface area contributed by atoms with E-state index in [2.05, 4.69) is 12.0 Å². The van der Waals surface area contributed by atoms with Gasteiger partial charge in [0.1, 0.15) is 11.3 Å². The molecule has 25 heavy (non-hydrogen) atoms. The highest BCUT2D eigenvalue weighted by molar-refractivity contribution is 5.95. The fourth-order valence-corrected chi connectivity index (χ4v) is 3.44. The fourth-order valence-electron chi connectivity index (χ4n) is 3.44. The molecule has 134 valence electrons. The maximum absolute atomic E-state index is 12.7. The smallest absolute Gasteiger partial charge is 0.339 e. The molecule has 3 rings (SSSR count). The highest BCUT2D eigenvalue weighted by Crippen LogP contribution is 2.26. The highest BCUT2D eigenvalue weighted by Gasteiger charge is 2.28. The van der Waals surface area contributed by atoms with Gasteiger partial charge in [0.25, 0.3) is 5.91 Å². The van der Waals surface area contributed by atoms with Crippen LogP contribution < -0.4 is 0 Å². The summed E-state index contributed by atoms with van der Waals surface area (Å²) >= 11 is 0. The first-order valence-electron chi connectivity index (χ1n) is 8.66. The van der Waals surface area contributed by atoms with Crippen LogP contribution in [0.1, 0.15) is 64.4 Å². The second-order valence-electron chi connectivity index (χ2n) is 6.42. The molecule has 1 saturated heterocycles. The molecule has 1 aliphatic rings. The first-order chi connectivity index (χ1) is 12.0. The molecule has 7 heteroatoms. The molecule has 0 bridgehead atoms. The third-order valence-electron chi connectivity index (χ3n) is 4.83. The van der Waals surface area contributed by atoms with Crippen molar-refractivity contribution >= 4 is 11.9 Å². The number of nitrogens with zero attached hydrogens (tertiary/aromatic N) is 3. The molecule has 0 aliphatic carbocycles. The molecule has 1 fully saturated rings. The van der Waals surface area contributed by atoms with Crippen LogP contribution in [0.3, 0.4) is 0 Å². The molecule has 3 heterocycles. The van der Waals surface area contributed by atoms with E-state index in [1.165, 1.54) is 6.20 Å². The molecule has 0 atom stereocenters. The Kier molecular flexibility index (Phi) is 4.92. The number of carbonyl (C=O) groups is 2. The molecular formula is C18H23N3O4. The number of carbonyl (C=O) groups excluding carboxylic acids is 1. The van der Waals surface area contributed by atoms with Crippen molar-refractivity contribution in [1.29, 1.82) is 0 Å². The van der Waals surface area contributed by atoms with Gasteiger partial charge in [-0.25, -0.2) is 4.79 Å². The largest absolute Gasteiger partial charge is 0.478 e. The van der Waals surface area contributed by atoms with Gasteiger partial charge in [-0.2, -0.15) is 5.10 Å². The Labute approximate surface area is 146 Å². The summed E-state index contributed by atoms with van der Waals surface area (Å²) in [6.07, 6.45) is 6.18. The van der Waals surface area contributed by atoms with Crippen molar-refractivity contribution in [2.75, 3.05) is 13.1 Å². The number of likely N-dealkylation sites (tertiary alicyclic amines) is 1. The topological polar surface area (TPSA) is 88.6 Å². The van der Waals surface area contributed by atoms with E-state index >= 15 is 0 Å². The molecule has 1 N–H and O–H groups in total. The second kappa shape index (κ2) is 7.13. The minimum absolute atomic E-state index is 0.0130. The van der Waals surface area contributed by atoms with Crippen LogP contribution in [0.25, 0.3) is 0 Å². The van der Waals surface area contributed by atoms with E-state index in [4.69, 9.17) is 9.52 Å². The molecule has 0 unspecified atom stereocenters. The van der Waals surface area contributed by atoms with Gasteiger partial charge in [-0.15, -0.1) is 0 Å². The summed E-state index contributed by atoms with van der Waals surface area (Å²) < 4.78 is 7.21. The Morgan fingerprint density at radius 3 is 2.64 bits per heavy atom. The number of amides is 1. The predicted octanol–water partition coefficient (Wildman–Crippen LogP) is 2.91. The van der Waals surface area contributed by atoms with Gasteiger partial charge >= 0.3 is 5.97 Å². The number of aromatic carboxylic acids is 1. The number of furan rings is 1. The molecule has 0 aromatic carbocycles. The lowest BCUT2D eigenvalue weighted by Gasteiger charge is -2.32. The average Bonchev–Trinajstić information content (AvgIpc) is 3.21. The molecule has 2 aromatic rings. The van der Waals surface area contributed by atoms with Gasteiger partial charge in [0.2, 0.25) is 0 Å². The Balaban J connectivity index is 1.66. The quantitative estimate of drug-likeness (QED) is 0.900. The number of piperidine rings is 1. The third kappa shape index (κ3) is 3.31. The molecular weight excluding hydrogens is 322 g/mol. The van der Waals surface area contributed by atoms with Gasteiger partial charge in [0.15, 0.2) is 0 Å². The van der Waals surface area contributed by atoms with E-state index in [-0.39, 0.29) is 17.5 Å². The lowest BCUT2D eigenvalue weighted by Crippen LogP contribution is -2.39. The number of rotatable bonds is 5. The van der Waals surface area contributed by atoms with Gasteiger partial charge in [-0.05, 0) is 32.3 Å². The number of hydrogen-bond donors (Lipinski definition) is 1. The van der Waals surface area contributed by atoms with Gasteiger partial charge < -0.3 is 14.4 Å². The van der Waals surface area contributed by atoms with Gasteiger partial charge in [0, 0.05) is 19.5 Å². The summed E-state index contributed by atoms with van der Waals surface area (Å²) in [5.41, 5.74) is 1.56. The summed E-state index contributed by atoms with van der Waals surface area (Å²) in [5, 5.41) is 13.4. The second-order valence-corrected chi connectivity index (χ2v) is 6.42. The van der Waals surface area contributed by atoms with Gasteiger partial charge in [-0.1, -0.05) is 6.92 Å². The zero-order valence-corrected chi connectivity index (χ0v) is 14.6. The first kappa shape index (κ1) is 17.3. The number of hydrogen-bond acceptors (Lipinski definition) is 4. The van der Waals surface area contributed by atoms with Crippen molar-refractivity contribution in [3.05, 3.63) is 41.1 Å². The van der Waals surface area contributed by atoms with E-state index in [0.29, 0.717) is 24.3 Å². The lowest BCUT2D eigenvalue weighted by atomic mass is 10.0. The van der Waals surface area contributed by atoms with Crippen molar-refractivity contribution in [2.24, 2.45) is 0 Å². The Bertz CT molecular complexity index is 769. The maximum atomic E-state index is 12.7. The highest BCUT2D eigenvalue weighted by atomic mass is 16.4. The zero-order chi connectivity index (χ0) is 18.0. The van der Waals surface area contributed by atoms with E-state index in [1.807, 2.05) is 4.90 Å². The average molecular weight is 345 g/mol. The number of carboxylic acid groups (broad SMARTS) is 1. The van der Waals surface area contributed by atoms with Crippen molar-refractivity contribution in [1.82, 2.24) is 14.7 Å². The van der Waals surface area contributed by atoms with Crippen LogP contribution in [0.2, 0.25) is 0 Å². The van der Waals surface area contributed by atoms with Gasteiger partial charge in [0.05, 0.1) is 29.8 Å². The minimum atomic E-state index is -0.959. The normalized spacial score (nSPS) is 15.5. The molecule has 1 aliphatic heterocycles. The van der Waals surface area contributed by atoms with Gasteiger partial charge in [-0.3, -0.25) is 9.48 Å². The molecule has 2 aromatic heterocycles. The fraction of sp³-hybridized carbons (Fsp3) is 0.500. The van der Waals surface area contributed by atoms with Crippen molar-refractivity contribution in [3.8, 4) is 0 Å². The maximum Gasteiger partial charge on any atom is 0.339 e. The molecule has 7 nitrogen and oxygen atoms in total. The van der Waals surface area contributed by atoms with Crippen LogP contribution in [0.15, 0.2) is 22.9 Å².